The fourth-order valence-corrected chi connectivity index (χ4v) is 9.07. The van der Waals surface area contributed by atoms with Crippen LogP contribution < -0.4 is 0 Å². The van der Waals surface area contributed by atoms with Gasteiger partial charge >= 0.3 is 0 Å². The quantitative estimate of drug-likeness (QED) is 0.173. The van der Waals surface area contributed by atoms with Crippen molar-refractivity contribution in [2.45, 2.75) is 41.5 Å². The first-order chi connectivity index (χ1) is 24.1. The molecular weight excluding hydrogens is 647 g/mol. The van der Waals surface area contributed by atoms with Gasteiger partial charge in [0, 0.05) is 21.9 Å². The lowest BCUT2D eigenvalue weighted by Gasteiger charge is -2.17. The van der Waals surface area contributed by atoms with Crippen LogP contribution in [0.5, 0.6) is 0 Å². The van der Waals surface area contributed by atoms with Crippen LogP contribution in [0.1, 0.15) is 33.4 Å². The summed E-state index contributed by atoms with van der Waals surface area (Å²) in [6, 6.07) is 44.1. The number of halogens is 2. The first-order valence-electron chi connectivity index (χ1n) is 17.2. The Hall–Kier alpha value is -4.88. The molecule has 0 heterocycles. The summed E-state index contributed by atoms with van der Waals surface area (Å²) in [6.45, 7) is 13.0. The average Bonchev–Trinajstić information content (AvgIpc) is 3.08. The molecule has 0 bridgehead atoms. The van der Waals surface area contributed by atoms with Crippen LogP contribution in [-0.2, 0) is 0 Å². The number of aryl methyl sites for hydroxylation is 6. The Morgan fingerprint density at radius 3 is 1.12 bits per heavy atom. The van der Waals surface area contributed by atoms with Crippen molar-refractivity contribution < 1.29 is 0 Å². The molecule has 8 aromatic carbocycles. The molecule has 8 aromatic rings. The van der Waals surface area contributed by atoms with Crippen LogP contribution >= 0.6 is 23.2 Å². The summed E-state index contributed by atoms with van der Waals surface area (Å²) < 4.78 is 0. The molecule has 0 unspecified atom stereocenters. The van der Waals surface area contributed by atoms with Crippen molar-refractivity contribution in [3.63, 3.8) is 0 Å². The third-order valence-corrected chi connectivity index (χ3v) is 11.1. The van der Waals surface area contributed by atoms with Crippen LogP contribution in [0.2, 0.25) is 10.0 Å². The molecular formula is C48H38Cl2. The Morgan fingerprint density at radius 1 is 0.340 bits per heavy atom. The van der Waals surface area contributed by atoms with Gasteiger partial charge in [-0.05, 0) is 131 Å². The zero-order chi connectivity index (χ0) is 34.8. The Kier molecular flexibility index (Phi) is 8.06. The lowest BCUT2D eigenvalue weighted by molar-refractivity contribution is 1.32. The minimum atomic E-state index is 0.794. The van der Waals surface area contributed by atoms with E-state index in [2.05, 4.69) is 163 Å². The van der Waals surface area contributed by atoms with Gasteiger partial charge in [0.05, 0.1) is 10.0 Å². The maximum Gasteiger partial charge on any atom is 0.0569 e. The highest BCUT2D eigenvalue weighted by atomic mass is 35.5. The van der Waals surface area contributed by atoms with Crippen LogP contribution in [0, 0.1) is 41.5 Å². The number of benzene rings is 8. The average molecular weight is 686 g/mol. The summed E-state index contributed by atoms with van der Waals surface area (Å²) in [6.07, 6.45) is 0. The maximum absolute atomic E-state index is 7.38. The number of hydrogen-bond acceptors (Lipinski definition) is 0. The van der Waals surface area contributed by atoms with Gasteiger partial charge in [-0.15, -0.1) is 0 Å². The first-order valence-corrected chi connectivity index (χ1v) is 18.0. The lowest BCUT2D eigenvalue weighted by Crippen LogP contribution is -1.93. The predicted molar refractivity (Wildman–Crippen MR) is 219 cm³/mol. The predicted octanol–water partition coefficient (Wildman–Crippen LogP) is 15.0. The van der Waals surface area contributed by atoms with Gasteiger partial charge in [0.1, 0.15) is 0 Å². The minimum Gasteiger partial charge on any atom is -0.0830 e. The highest BCUT2D eigenvalue weighted by molar-refractivity contribution is 6.40. The summed E-state index contributed by atoms with van der Waals surface area (Å²) in [7, 11) is 0. The smallest absolute Gasteiger partial charge is 0.0569 e. The summed E-state index contributed by atoms with van der Waals surface area (Å²) in [4.78, 5) is 0. The molecule has 0 nitrogen and oxygen atoms in total. The van der Waals surface area contributed by atoms with E-state index < -0.39 is 0 Å². The van der Waals surface area contributed by atoms with Crippen molar-refractivity contribution in [1.82, 2.24) is 0 Å². The normalized spacial score (nSPS) is 11.6. The van der Waals surface area contributed by atoms with Crippen LogP contribution in [0.25, 0.3) is 76.8 Å². The molecule has 50 heavy (non-hydrogen) atoms. The molecule has 244 valence electrons. The molecule has 0 aliphatic carbocycles. The van der Waals surface area contributed by atoms with Gasteiger partial charge in [-0.1, -0.05) is 144 Å². The van der Waals surface area contributed by atoms with Gasteiger partial charge in [-0.3, -0.25) is 0 Å². The summed E-state index contributed by atoms with van der Waals surface area (Å²) in [5, 5.41) is 8.37. The van der Waals surface area contributed by atoms with Gasteiger partial charge in [-0.25, -0.2) is 0 Å². The van der Waals surface area contributed by atoms with Crippen LogP contribution in [0.15, 0.2) is 121 Å². The summed E-state index contributed by atoms with van der Waals surface area (Å²) >= 11 is 14.8. The molecule has 0 radical (unpaired) electrons. The second kappa shape index (κ2) is 12.5. The van der Waals surface area contributed by atoms with E-state index in [1.807, 2.05) is 0 Å². The summed E-state index contributed by atoms with van der Waals surface area (Å²) in [5.41, 5.74) is 16.6. The van der Waals surface area contributed by atoms with Gasteiger partial charge in [0.15, 0.2) is 0 Å². The van der Waals surface area contributed by atoms with Gasteiger partial charge in [0.2, 0.25) is 0 Å². The Morgan fingerprint density at radius 2 is 0.720 bits per heavy atom. The van der Waals surface area contributed by atoms with Crippen LogP contribution in [0.3, 0.4) is 0 Å². The Labute approximate surface area is 305 Å². The molecule has 0 aromatic heterocycles. The molecule has 0 saturated heterocycles. The molecule has 0 atom stereocenters. The van der Waals surface area contributed by atoms with Crippen LogP contribution in [0.4, 0.5) is 0 Å². The number of fused-ring (bicyclic) bond motifs is 3. The zero-order valence-corrected chi connectivity index (χ0v) is 30.8. The van der Waals surface area contributed by atoms with E-state index >= 15 is 0 Å². The fourth-order valence-electron chi connectivity index (χ4n) is 8.33. The highest BCUT2D eigenvalue weighted by Crippen LogP contribution is 2.44. The van der Waals surface area contributed by atoms with Crippen molar-refractivity contribution in [2.24, 2.45) is 0 Å². The molecule has 0 saturated carbocycles. The van der Waals surface area contributed by atoms with E-state index in [0.717, 1.165) is 65.0 Å². The zero-order valence-electron chi connectivity index (χ0n) is 29.3. The van der Waals surface area contributed by atoms with E-state index in [-0.39, 0.29) is 0 Å². The van der Waals surface area contributed by atoms with Gasteiger partial charge < -0.3 is 0 Å². The molecule has 0 spiro atoms. The molecule has 0 fully saturated rings. The van der Waals surface area contributed by atoms with Crippen molar-refractivity contribution in [1.29, 1.82) is 0 Å². The van der Waals surface area contributed by atoms with E-state index in [1.54, 1.807) is 0 Å². The monoisotopic (exact) mass is 684 g/mol. The second-order valence-corrected chi connectivity index (χ2v) is 14.7. The van der Waals surface area contributed by atoms with Crippen molar-refractivity contribution >= 4 is 55.5 Å². The number of hydrogen-bond donors (Lipinski definition) is 0. The van der Waals surface area contributed by atoms with E-state index in [1.165, 1.54) is 55.3 Å². The second-order valence-electron chi connectivity index (χ2n) is 14.0. The highest BCUT2D eigenvalue weighted by Gasteiger charge is 2.18. The molecule has 0 aliphatic heterocycles. The largest absolute Gasteiger partial charge is 0.0830 e. The van der Waals surface area contributed by atoms with Crippen molar-refractivity contribution in [3.05, 3.63) is 165 Å². The topological polar surface area (TPSA) is 0 Å². The van der Waals surface area contributed by atoms with Gasteiger partial charge in [0.25, 0.3) is 0 Å². The van der Waals surface area contributed by atoms with Crippen molar-refractivity contribution in [3.8, 4) is 44.5 Å². The van der Waals surface area contributed by atoms with Crippen LogP contribution in [-0.4, -0.2) is 0 Å². The molecule has 0 aliphatic rings. The van der Waals surface area contributed by atoms with Gasteiger partial charge in [-0.2, -0.15) is 0 Å². The van der Waals surface area contributed by atoms with E-state index in [4.69, 9.17) is 23.2 Å². The third kappa shape index (κ3) is 5.39. The lowest BCUT2D eigenvalue weighted by atomic mass is 9.89. The molecule has 2 heteroatoms. The molecule has 8 rings (SSSR count). The fraction of sp³-hybridized carbons (Fsp3) is 0.125. The van der Waals surface area contributed by atoms with E-state index in [9.17, 15) is 0 Å². The summed E-state index contributed by atoms with van der Waals surface area (Å²) in [5.74, 6) is 0. The maximum atomic E-state index is 7.38. The Bertz CT molecular complexity index is 2450. The molecule has 0 amide bonds. The standard InChI is InChI=1S/C48H38Cl2/c1-27-21-29(3)43(30(4)22-27)41-19-17-34-9-7-11-39(45(34)47(41)49)36-15-13-33-14-16-37(26-38(33)25-36)40-12-8-10-35-18-20-42(48(50)46(35)40)44-31(5)23-28(2)24-32(44)6/h7-26H,1-6H3. The minimum absolute atomic E-state index is 0.794. The first kappa shape index (κ1) is 32.3. The number of rotatable bonds is 4. The molecule has 0 N–H and O–H groups in total. The van der Waals surface area contributed by atoms with Crippen molar-refractivity contribution in [2.75, 3.05) is 0 Å². The van der Waals surface area contributed by atoms with E-state index in [0.29, 0.717) is 0 Å². The SMILES string of the molecule is Cc1cc(C)c(-c2ccc3cccc(-c4ccc5ccc(-c6cccc7ccc(-c8c(C)cc(C)cc8C)c(Cl)c67)cc5c4)c3c2Cl)c(C)c1. The Balaban J connectivity index is 1.29. The third-order valence-electron chi connectivity index (χ3n) is 10.3.